The summed E-state index contributed by atoms with van der Waals surface area (Å²) < 4.78 is 5.26. The van der Waals surface area contributed by atoms with E-state index in [1.54, 1.807) is 52.3 Å². The van der Waals surface area contributed by atoms with E-state index >= 15 is 0 Å². The van der Waals surface area contributed by atoms with Gasteiger partial charge in [-0.3, -0.25) is 9.59 Å². The predicted molar refractivity (Wildman–Crippen MR) is 101 cm³/mol. The smallest absolute Gasteiger partial charge is 0.257 e. The lowest BCUT2D eigenvalue weighted by atomic mass is 10.1. The number of hydrogen-bond donors (Lipinski definition) is 0. The van der Waals surface area contributed by atoms with Gasteiger partial charge in [0.2, 0.25) is 0 Å². The predicted octanol–water partition coefficient (Wildman–Crippen LogP) is 3.60. The number of carbonyl (C=O) groups is 2. The van der Waals surface area contributed by atoms with Crippen molar-refractivity contribution in [3.63, 3.8) is 0 Å². The van der Waals surface area contributed by atoms with Crippen molar-refractivity contribution < 1.29 is 14.3 Å². The molecule has 1 fully saturated rings. The highest BCUT2D eigenvalue weighted by molar-refractivity contribution is 6.33. The van der Waals surface area contributed by atoms with Crippen LogP contribution in [-0.2, 0) is 0 Å². The first-order valence-electron chi connectivity index (χ1n) is 8.18. The molecule has 0 aromatic heterocycles. The average Bonchev–Trinajstić information content (AvgIpc) is 2.67. The SMILES string of the molecule is COc1ccc(Cl)cc1C(=O)N1CCN(C(=O)c2ccccc2Cl)CC1. The molecule has 0 saturated carbocycles. The molecule has 1 heterocycles. The number of piperazine rings is 1. The number of halogens is 2. The van der Waals surface area contributed by atoms with Gasteiger partial charge >= 0.3 is 0 Å². The second-order valence-electron chi connectivity index (χ2n) is 5.91. The molecule has 0 N–H and O–H groups in total. The standard InChI is InChI=1S/C19H18Cl2N2O3/c1-26-17-7-6-13(20)12-15(17)19(25)23-10-8-22(9-11-23)18(24)14-4-2-3-5-16(14)21/h2-7,12H,8-11H2,1H3. The number of ether oxygens (including phenoxy) is 1. The van der Waals surface area contributed by atoms with Crippen LogP contribution in [0.1, 0.15) is 20.7 Å². The first-order valence-corrected chi connectivity index (χ1v) is 8.93. The third-order valence-corrected chi connectivity index (χ3v) is 4.91. The van der Waals surface area contributed by atoms with Crippen LogP contribution in [0, 0.1) is 0 Å². The minimum absolute atomic E-state index is 0.122. The molecule has 0 aliphatic carbocycles. The summed E-state index contributed by atoms with van der Waals surface area (Å²) in [5.74, 6) is 0.200. The Morgan fingerprint density at radius 2 is 1.46 bits per heavy atom. The van der Waals surface area contributed by atoms with Gasteiger partial charge in [0, 0.05) is 31.2 Å². The maximum atomic E-state index is 12.8. The monoisotopic (exact) mass is 392 g/mol. The minimum Gasteiger partial charge on any atom is -0.496 e. The molecule has 3 rings (SSSR count). The highest BCUT2D eigenvalue weighted by Gasteiger charge is 2.27. The fraction of sp³-hybridized carbons (Fsp3) is 0.263. The van der Waals surface area contributed by atoms with Crippen LogP contribution in [0.4, 0.5) is 0 Å². The Hall–Kier alpha value is -2.24. The molecule has 26 heavy (non-hydrogen) atoms. The molecule has 0 bridgehead atoms. The summed E-state index contributed by atoms with van der Waals surface area (Å²) in [6.07, 6.45) is 0. The van der Waals surface area contributed by atoms with Crippen LogP contribution < -0.4 is 4.74 Å². The number of nitrogens with zero attached hydrogens (tertiary/aromatic N) is 2. The maximum absolute atomic E-state index is 12.8. The minimum atomic E-state index is -0.158. The van der Waals surface area contributed by atoms with E-state index in [-0.39, 0.29) is 11.8 Å². The molecule has 2 amide bonds. The molecule has 7 heteroatoms. The van der Waals surface area contributed by atoms with Gasteiger partial charge in [-0.05, 0) is 30.3 Å². The fourth-order valence-corrected chi connectivity index (χ4v) is 3.32. The molecule has 0 unspecified atom stereocenters. The quantitative estimate of drug-likeness (QED) is 0.801. The van der Waals surface area contributed by atoms with E-state index in [0.717, 1.165) is 0 Å². The molecule has 0 spiro atoms. The van der Waals surface area contributed by atoms with Crippen LogP contribution in [0.3, 0.4) is 0 Å². The Balaban J connectivity index is 1.69. The van der Waals surface area contributed by atoms with Crippen LogP contribution in [0.25, 0.3) is 0 Å². The summed E-state index contributed by atoms with van der Waals surface area (Å²) >= 11 is 12.1. The van der Waals surface area contributed by atoms with E-state index < -0.39 is 0 Å². The number of amides is 2. The van der Waals surface area contributed by atoms with Crippen molar-refractivity contribution >= 4 is 35.0 Å². The van der Waals surface area contributed by atoms with E-state index in [9.17, 15) is 9.59 Å². The van der Waals surface area contributed by atoms with Crippen LogP contribution in [0.15, 0.2) is 42.5 Å². The van der Waals surface area contributed by atoms with Crippen LogP contribution >= 0.6 is 23.2 Å². The Labute approximate surface area is 162 Å². The number of hydrogen-bond acceptors (Lipinski definition) is 3. The van der Waals surface area contributed by atoms with Crippen molar-refractivity contribution in [3.8, 4) is 5.75 Å². The molecule has 136 valence electrons. The van der Waals surface area contributed by atoms with Crippen molar-refractivity contribution in [2.24, 2.45) is 0 Å². The maximum Gasteiger partial charge on any atom is 0.257 e. The van der Waals surface area contributed by atoms with Crippen LogP contribution in [0.5, 0.6) is 5.75 Å². The van der Waals surface area contributed by atoms with Crippen LogP contribution in [0.2, 0.25) is 10.0 Å². The zero-order valence-corrected chi connectivity index (χ0v) is 15.8. The van der Waals surface area contributed by atoms with Gasteiger partial charge in [-0.15, -0.1) is 0 Å². The molecule has 1 aliphatic rings. The molecular weight excluding hydrogens is 375 g/mol. The van der Waals surface area contributed by atoms with Crippen molar-refractivity contribution in [3.05, 3.63) is 63.6 Å². The largest absolute Gasteiger partial charge is 0.496 e. The Kier molecular flexibility index (Phi) is 5.69. The van der Waals surface area contributed by atoms with Crippen molar-refractivity contribution in [1.82, 2.24) is 9.80 Å². The topological polar surface area (TPSA) is 49.9 Å². The number of carbonyl (C=O) groups excluding carboxylic acids is 2. The molecule has 2 aromatic rings. The second kappa shape index (κ2) is 7.98. The Bertz CT molecular complexity index is 833. The zero-order chi connectivity index (χ0) is 18.7. The molecular formula is C19H18Cl2N2O3. The third kappa shape index (κ3) is 3.79. The second-order valence-corrected chi connectivity index (χ2v) is 6.75. The van der Waals surface area contributed by atoms with Crippen LogP contribution in [-0.4, -0.2) is 54.9 Å². The molecule has 0 atom stereocenters. The third-order valence-electron chi connectivity index (χ3n) is 4.35. The van der Waals surface area contributed by atoms with Gasteiger partial charge in [0.1, 0.15) is 5.75 Å². The summed E-state index contributed by atoms with van der Waals surface area (Å²) in [6, 6.07) is 11.9. The van der Waals surface area contributed by atoms with Gasteiger partial charge in [0.15, 0.2) is 0 Å². The highest BCUT2D eigenvalue weighted by atomic mass is 35.5. The normalized spacial score (nSPS) is 14.3. The lowest BCUT2D eigenvalue weighted by Crippen LogP contribution is -2.50. The van der Waals surface area contributed by atoms with Crippen molar-refractivity contribution in [1.29, 1.82) is 0 Å². The number of benzene rings is 2. The molecule has 1 aliphatic heterocycles. The molecule has 0 radical (unpaired) electrons. The van der Waals surface area contributed by atoms with Gasteiger partial charge < -0.3 is 14.5 Å². The molecule has 5 nitrogen and oxygen atoms in total. The molecule has 1 saturated heterocycles. The van der Waals surface area contributed by atoms with E-state index in [0.29, 0.717) is 53.1 Å². The van der Waals surface area contributed by atoms with Crippen molar-refractivity contribution in [2.75, 3.05) is 33.3 Å². The van der Waals surface area contributed by atoms with E-state index in [2.05, 4.69) is 0 Å². The summed E-state index contributed by atoms with van der Waals surface area (Å²) in [4.78, 5) is 28.8. The Morgan fingerprint density at radius 1 is 0.885 bits per heavy atom. The van der Waals surface area contributed by atoms with Gasteiger partial charge in [-0.1, -0.05) is 35.3 Å². The van der Waals surface area contributed by atoms with Gasteiger partial charge in [-0.2, -0.15) is 0 Å². The average molecular weight is 393 g/mol. The first kappa shape index (κ1) is 18.5. The van der Waals surface area contributed by atoms with Gasteiger partial charge in [0.25, 0.3) is 11.8 Å². The Morgan fingerprint density at radius 3 is 2.04 bits per heavy atom. The van der Waals surface area contributed by atoms with E-state index in [4.69, 9.17) is 27.9 Å². The zero-order valence-electron chi connectivity index (χ0n) is 14.2. The summed E-state index contributed by atoms with van der Waals surface area (Å²) in [6.45, 7) is 1.76. The van der Waals surface area contributed by atoms with Crippen molar-refractivity contribution in [2.45, 2.75) is 0 Å². The fourth-order valence-electron chi connectivity index (χ4n) is 2.94. The summed E-state index contributed by atoms with van der Waals surface area (Å²) in [7, 11) is 1.51. The summed E-state index contributed by atoms with van der Waals surface area (Å²) in [5.41, 5.74) is 0.899. The van der Waals surface area contributed by atoms with E-state index in [1.807, 2.05) is 0 Å². The number of rotatable bonds is 3. The highest BCUT2D eigenvalue weighted by Crippen LogP contribution is 2.25. The number of methoxy groups -OCH3 is 1. The van der Waals surface area contributed by atoms with Gasteiger partial charge in [0.05, 0.1) is 23.3 Å². The summed E-state index contributed by atoms with van der Waals surface area (Å²) in [5, 5.41) is 0.904. The first-order chi connectivity index (χ1) is 12.5. The molecule has 2 aromatic carbocycles. The lowest BCUT2D eigenvalue weighted by molar-refractivity contribution is 0.0533. The van der Waals surface area contributed by atoms with E-state index in [1.165, 1.54) is 7.11 Å². The van der Waals surface area contributed by atoms with Gasteiger partial charge in [-0.25, -0.2) is 0 Å². The lowest BCUT2D eigenvalue weighted by Gasteiger charge is -2.35.